The van der Waals surface area contributed by atoms with E-state index in [1.165, 1.54) is 0 Å². The van der Waals surface area contributed by atoms with E-state index in [9.17, 15) is 4.79 Å². The Bertz CT molecular complexity index is 975. The van der Waals surface area contributed by atoms with E-state index in [0.717, 1.165) is 16.8 Å². The first kappa shape index (κ1) is 18.0. The van der Waals surface area contributed by atoms with Crippen LogP contribution in [0.15, 0.2) is 47.0 Å². The molecule has 3 aromatic rings. The quantitative estimate of drug-likeness (QED) is 0.674. The Balaban J connectivity index is 1.56. The third-order valence-corrected chi connectivity index (χ3v) is 4.88. The molecule has 0 saturated carbocycles. The molecular weight excluding hydrogens is 358 g/mol. The van der Waals surface area contributed by atoms with Gasteiger partial charge in [-0.3, -0.25) is 4.79 Å². The summed E-state index contributed by atoms with van der Waals surface area (Å²) in [5.41, 5.74) is 2.75. The zero-order valence-electron chi connectivity index (χ0n) is 16.0. The number of aromatic nitrogens is 2. The second-order valence-corrected chi connectivity index (χ2v) is 6.80. The number of carbonyl (C=O) groups is 1. The predicted molar refractivity (Wildman–Crippen MR) is 104 cm³/mol. The van der Waals surface area contributed by atoms with Gasteiger partial charge in [-0.2, -0.15) is 4.98 Å². The molecule has 28 heavy (non-hydrogen) atoms. The molecule has 1 aliphatic rings. The molecule has 1 aromatic heterocycles. The Morgan fingerprint density at radius 3 is 2.39 bits per heavy atom. The number of amides is 1. The van der Waals surface area contributed by atoms with Crippen molar-refractivity contribution >= 4 is 11.6 Å². The van der Waals surface area contributed by atoms with Crippen molar-refractivity contribution in [1.29, 1.82) is 0 Å². The highest BCUT2D eigenvalue weighted by molar-refractivity contribution is 5.96. The largest absolute Gasteiger partial charge is 0.497 e. The van der Waals surface area contributed by atoms with Gasteiger partial charge in [0.2, 0.25) is 5.91 Å². The van der Waals surface area contributed by atoms with Crippen molar-refractivity contribution in [3.8, 4) is 23.0 Å². The van der Waals surface area contributed by atoms with Crippen LogP contribution in [0.1, 0.15) is 23.7 Å². The minimum Gasteiger partial charge on any atom is -0.497 e. The van der Waals surface area contributed by atoms with Crippen molar-refractivity contribution in [2.24, 2.45) is 0 Å². The molecule has 1 saturated heterocycles. The van der Waals surface area contributed by atoms with Gasteiger partial charge in [-0.1, -0.05) is 22.9 Å². The van der Waals surface area contributed by atoms with E-state index in [1.807, 2.05) is 43.3 Å². The predicted octanol–water partition coefficient (Wildman–Crippen LogP) is 3.58. The molecule has 1 unspecified atom stereocenters. The summed E-state index contributed by atoms with van der Waals surface area (Å²) in [6.45, 7) is 2.50. The van der Waals surface area contributed by atoms with Crippen molar-refractivity contribution < 1.29 is 18.8 Å². The number of anilines is 1. The molecule has 0 radical (unpaired) electrons. The minimum atomic E-state index is -0.132. The van der Waals surface area contributed by atoms with Gasteiger partial charge in [-0.25, -0.2) is 0 Å². The number of methoxy groups -OCH3 is 2. The van der Waals surface area contributed by atoms with Crippen LogP contribution in [0.3, 0.4) is 0 Å². The van der Waals surface area contributed by atoms with Crippen molar-refractivity contribution in [2.75, 3.05) is 25.7 Å². The molecule has 0 aliphatic carbocycles. The molecule has 144 valence electrons. The van der Waals surface area contributed by atoms with E-state index in [-0.39, 0.29) is 11.8 Å². The number of benzene rings is 2. The fraction of sp³-hybridized carbons (Fsp3) is 0.286. The van der Waals surface area contributed by atoms with Gasteiger partial charge in [0.1, 0.15) is 11.5 Å². The molecule has 1 atom stereocenters. The maximum Gasteiger partial charge on any atom is 0.257 e. The molecule has 7 heteroatoms. The lowest BCUT2D eigenvalue weighted by Gasteiger charge is -2.18. The second-order valence-electron chi connectivity index (χ2n) is 6.80. The van der Waals surface area contributed by atoms with Crippen LogP contribution >= 0.6 is 0 Å². The minimum absolute atomic E-state index is 0.00184. The smallest absolute Gasteiger partial charge is 0.257 e. The molecule has 2 heterocycles. The molecule has 0 spiro atoms. The fourth-order valence-corrected chi connectivity index (χ4v) is 3.29. The number of carbonyl (C=O) groups excluding carboxylic acids is 1. The Morgan fingerprint density at radius 2 is 1.75 bits per heavy atom. The molecule has 0 N–H and O–H groups in total. The SMILES string of the molecule is COc1cc(OC)cc(N2CC(c3noc(-c4ccc(C)cc4)n3)CC2=O)c1. The summed E-state index contributed by atoms with van der Waals surface area (Å²) in [5.74, 6) is 2.14. The monoisotopic (exact) mass is 379 g/mol. The molecule has 7 nitrogen and oxygen atoms in total. The van der Waals surface area contributed by atoms with Gasteiger partial charge in [0, 0.05) is 42.6 Å². The summed E-state index contributed by atoms with van der Waals surface area (Å²) in [6.07, 6.45) is 0.326. The number of aryl methyl sites for hydroxylation is 1. The third kappa shape index (κ3) is 3.43. The van der Waals surface area contributed by atoms with E-state index >= 15 is 0 Å². The molecule has 4 rings (SSSR count). The summed E-state index contributed by atoms with van der Waals surface area (Å²) in [7, 11) is 3.16. The van der Waals surface area contributed by atoms with E-state index in [0.29, 0.717) is 36.2 Å². The molecule has 1 aliphatic heterocycles. The van der Waals surface area contributed by atoms with Crippen LogP contribution in [0.4, 0.5) is 5.69 Å². The van der Waals surface area contributed by atoms with Crippen LogP contribution in [0.5, 0.6) is 11.5 Å². The summed E-state index contributed by atoms with van der Waals surface area (Å²) < 4.78 is 16.0. The first-order valence-electron chi connectivity index (χ1n) is 9.01. The summed E-state index contributed by atoms with van der Waals surface area (Å²) >= 11 is 0. The standard InChI is InChI=1S/C21H21N3O4/c1-13-4-6-14(7-5-13)21-22-20(23-28-21)15-8-19(25)24(12-15)16-9-17(26-2)11-18(10-16)27-3/h4-7,9-11,15H,8,12H2,1-3H3. The van der Waals surface area contributed by atoms with Gasteiger partial charge in [0.05, 0.1) is 19.9 Å². The van der Waals surface area contributed by atoms with E-state index in [2.05, 4.69) is 10.1 Å². The number of nitrogens with zero attached hydrogens (tertiary/aromatic N) is 3. The molecule has 1 fully saturated rings. The average Bonchev–Trinajstić information content (AvgIpc) is 3.35. The zero-order valence-corrected chi connectivity index (χ0v) is 16.0. The third-order valence-electron chi connectivity index (χ3n) is 4.88. The van der Waals surface area contributed by atoms with Gasteiger partial charge in [-0.05, 0) is 19.1 Å². The highest BCUT2D eigenvalue weighted by atomic mass is 16.5. The van der Waals surface area contributed by atoms with Gasteiger partial charge in [0.15, 0.2) is 5.82 Å². The number of rotatable bonds is 5. The highest BCUT2D eigenvalue weighted by Gasteiger charge is 2.35. The number of ether oxygens (including phenoxy) is 2. The lowest BCUT2D eigenvalue weighted by molar-refractivity contribution is -0.117. The topological polar surface area (TPSA) is 77.7 Å². The first-order valence-corrected chi connectivity index (χ1v) is 9.01. The zero-order chi connectivity index (χ0) is 19.7. The van der Waals surface area contributed by atoms with Gasteiger partial charge in [0.25, 0.3) is 5.89 Å². The van der Waals surface area contributed by atoms with E-state index in [1.54, 1.807) is 25.2 Å². The Labute approximate surface area is 162 Å². The van der Waals surface area contributed by atoms with Crippen LogP contribution in [-0.2, 0) is 4.79 Å². The summed E-state index contributed by atoms with van der Waals surface area (Å²) in [6, 6.07) is 13.3. The second kappa shape index (κ2) is 7.34. The normalized spacial score (nSPS) is 16.5. The molecule has 1 amide bonds. The van der Waals surface area contributed by atoms with Crippen LogP contribution in [0.25, 0.3) is 11.5 Å². The molecule has 2 aromatic carbocycles. The van der Waals surface area contributed by atoms with Crippen LogP contribution in [0.2, 0.25) is 0 Å². The van der Waals surface area contributed by atoms with Crippen LogP contribution < -0.4 is 14.4 Å². The Hall–Kier alpha value is -3.35. The number of hydrogen-bond acceptors (Lipinski definition) is 6. The maximum absolute atomic E-state index is 12.6. The van der Waals surface area contributed by atoms with Crippen LogP contribution in [-0.4, -0.2) is 36.8 Å². The van der Waals surface area contributed by atoms with Gasteiger partial charge >= 0.3 is 0 Å². The lowest BCUT2D eigenvalue weighted by Crippen LogP contribution is -2.24. The van der Waals surface area contributed by atoms with Crippen molar-refractivity contribution in [3.05, 3.63) is 53.9 Å². The number of hydrogen-bond donors (Lipinski definition) is 0. The molecular formula is C21H21N3O4. The first-order chi connectivity index (χ1) is 13.6. The van der Waals surface area contributed by atoms with E-state index < -0.39 is 0 Å². The van der Waals surface area contributed by atoms with Crippen LogP contribution in [0, 0.1) is 6.92 Å². The fourth-order valence-electron chi connectivity index (χ4n) is 3.29. The van der Waals surface area contributed by atoms with Crippen molar-refractivity contribution in [1.82, 2.24) is 10.1 Å². The van der Waals surface area contributed by atoms with Gasteiger partial charge < -0.3 is 18.9 Å². The van der Waals surface area contributed by atoms with Crippen molar-refractivity contribution in [3.63, 3.8) is 0 Å². The van der Waals surface area contributed by atoms with Gasteiger partial charge in [-0.15, -0.1) is 0 Å². The maximum atomic E-state index is 12.6. The average molecular weight is 379 g/mol. The summed E-state index contributed by atoms with van der Waals surface area (Å²) in [5, 5.41) is 4.11. The highest BCUT2D eigenvalue weighted by Crippen LogP contribution is 2.35. The summed E-state index contributed by atoms with van der Waals surface area (Å²) in [4.78, 5) is 18.9. The Morgan fingerprint density at radius 1 is 1.07 bits per heavy atom. The lowest BCUT2D eigenvalue weighted by atomic mass is 10.1. The van der Waals surface area contributed by atoms with E-state index in [4.69, 9.17) is 14.0 Å². The Kier molecular flexibility index (Phi) is 4.73. The molecule has 0 bridgehead atoms. The van der Waals surface area contributed by atoms with Crippen molar-refractivity contribution in [2.45, 2.75) is 19.3 Å².